The minimum atomic E-state index is 0.683. The van der Waals surface area contributed by atoms with Gasteiger partial charge in [-0.15, -0.1) is 0 Å². The molecule has 0 saturated heterocycles. The lowest BCUT2D eigenvalue weighted by Gasteiger charge is -2.14. The summed E-state index contributed by atoms with van der Waals surface area (Å²) >= 11 is 10.7. The van der Waals surface area contributed by atoms with Crippen molar-refractivity contribution in [2.24, 2.45) is 0 Å². The van der Waals surface area contributed by atoms with E-state index in [1.165, 1.54) is 5.56 Å². The van der Waals surface area contributed by atoms with Gasteiger partial charge >= 0.3 is 0 Å². The maximum absolute atomic E-state index is 5.38. The van der Waals surface area contributed by atoms with Crippen molar-refractivity contribution in [2.75, 3.05) is 12.4 Å². The van der Waals surface area contributed by atoms with E-state index in [0.717, 1.165) is 30.4 Å². The Morgan fingerprint density at radius 3 is 2.30 bits per heavy atom. The molecule has 0 radical (unpaired) electrons. The van der Waals surface area contributed by atoms with Crippen molar-refractivity contribution in [3.8, 4) is 5.75 Å². The molecule has 2 rings (SSSR count). The Hall–Kier alpha value is -0.520. The highest BCUT2D eigenvalue weighted by Gasteiger charge is 2.08. The summed E-state index contributed by atoms with van der Waals surface area (Å²) < 4.78 is 8.50. The van der Waals surface area contributed by atoms with Gasteiger partial charge in [0, 0.05) is 25.5 Å². The third kappa shape index (κ3) is 3.77. The Kier molecular flexibility index (Phi) is 5.52. The summed E-state index contributed by atoms with van der Waals surface area (Å²) in [4.78, 5) is 0. The number of benzene rings is 2. The molecule has 1 N–H and O–H groups in total. The first-order chi connectivity index (χ1) is 9.51. The van der Waals surface area contributed by atoms with Crippen LogP contribution in [0.2, 0.25) is 0 Å². The van der Waals surface area contributed by atoms with E-state index < -0.39 is 0 Å². The van der Waals surface area contributed by atoms with Gasteiger partial charge in [0.1, 0.15) is 5.75 Å². The minimum Gasteiger partial charge on any atom is -0.496 e. The second-order valence-electron chi connectivity index (χ2n) is 4.41. The van der Waals surface area contributed by atoms with Crippen LogP contribution in [0.3, 0.4) is 0 Å². The normalized spacial score (nSPS) is 10.4. The summed E-state index contributed by atoms with van der Waals surface area (Å²) in [7, 11) is 1.68. The van der Waals surface area contributed by atoms with Gasteiger partial charge < -0.3 is 10.1 Å². The SMILES string of the molecule is COc1ccc(Br)cc1CNc1c(Br)cc(C)cc1Br. The maximum atomic E-state index is 5.38. The van der Waals surface area contributed by atoms with Crippen LogP contribution in [0, 0.1) is 6.92 Å². The number of anilines is 1. The van der Waals surface area contributed by atoms with E-state index in [1.807, 2.05) is 12.1 Å². The van der Waals surface area contributed by atoms with Crippen LogP contribution >= 0.6 is 47.8 Å². The van der Waals surface area contributed by atoms with Crippen molar-refractivity contribution in [3.63, 3.8) is 0 Å². The summed E-state index contributed by atoms with van der Waals surface area (Å²) in [6, 6.07) is 10.2. The van der Waals surface area contributed by atoms with Gasteiger partial charge in [0.2, 0.25) is 0 Å². The zero-order valence-electron chi connectivity index (χ0n) is 11.1. The molecule has 2 nitrogen and oxygen atoms in total. The number of halogens is 3. The van der Waals surface area contributed by atoms with E-state index in [1.54, 1.807) is 7.11 Å². The number of aryl methyl sites for hydroxylation is 1. The average Bonchev–Trinajstić information content (AvgIpc) is 2.37. The Morgan fingerprint density at radius 1 is 1.05 bits per heavy atom. The molecular formula is C15H14Br3NO. The largest absolute Gasteiger partial charge is 0.496 e. The first-order valence-corrected chi connectivity index (χ1v) is 8.41. The number of rotatable bonds is 4. The quantitative estimate of drug-likeness (QED) is 0.609. The lowest BCUT2D eigenvalue weighted by Crippen LogP contribution is -2.03. The smallest absolute Gasteiger partial charge is 0.123 e. The fraction of sp³-hybridized carbons (Fsp3) is 0.200. The van der Waals surface area contributed by atoms with Crippen LogP contribution in [0.1, 0.15) is 11.1 Å². The molecule has 0 amide bonds. The van der Waals surface area contributed by atoms with Gasteiger partial charge in [-0.1, -0.05) is 15.9 Å². The molecule has 106 valence electrons. The van der Waals surface area contributed by atoms with Crippen LogP contribution < -0.4 is 10.1 Å². The molecular weight excluding hydrogens is 450 g/mol. The van der Waals surface area contributed by atoms with Crippen LogP contribution in [-0.2, 0) is 6.54 Å². The molecule has 0 fully saturated rings. The van der Waals surface area contributed by atoms with Gasteiger partial charge in [-0.2, -0.15) is 0 Å². The predicted molar refractivity (Wildman–Crippen MR) is 94.6 cm³/mol. The Morgan fingerprint density at radius 2 is 1.70 bits per heavy atom. The van der Waals surface area contributed by atoms with E-state index in [-0.39, 0.29) is 0 Å². The summed E-state index contributed by atoms with van der Waals surface area (Å²) in [5.74, 6) is 0.875. The van der Waals surface area contributed by atoms with Crippen LogP contribution in [0.5, 0.6) is 5.75 Å². The molecule has 2 aromatic carbocycles. The average molecular weight is 464 g/mol. The molecule has 0 bridgehead atoms. The molecule has 0 aromatic heterocycles. The van der Waals surface area contributed by atoms with E-state index in [4.69, 9.17) is 4.74 Å². The molecule has 2 aromatic rings. The van der Waals surface area contributed by atoms with Crippen molar-refractivity contribution < 1.29 is 4.74 Å². The first kappa shape index (κ1) is 15.9. The zero-order valence-corrected chi connectivity index (χ0v) is 15.9. The molecule has 5 heteroatoms. The first-order valence-electron chi connectivity index (χ1n) is 6.03. The molecule has 0 aliphatic rings. The van der Waals surface area contributed by atoms with E-state index in [0.29, 0.717) is 6.54 Å². The van der Waals surface area contributed by atoms with E-state index in [9.17, 15) is 0 Å². The highest BCUT2D eigenvalue weighted by Crippen LogP contribution is 2.33. The lowest BCUT2D eigenvalue weighted by atomic mass is 10.2. The number of nitrogens with one attached hydrogen (secondary N) is 1. The summed E-state index contributed by atoms with van der Waals surface area (Å²) in [5.41, 5.74) is 3.34. The Balaban J connectivity index is 2.23. The number of ether oxygens (including phenoxy) is 1. The zero-order chi connectivity index (χ0) is 14.7. The summed E-state index contributed by atoms with van der Waals surface area (Å²) in [5, 5.41) is 3.43. The number of hydrogen-bond acceptors (Lipinski definition) is 2. The Labute approximate surface area is 144 Å². The molecule has 0 spiro atoms. The van der Waals surface area contributed by atoms with Crippen molar-refractivity contribution >= 4 is 53.5 Å². The minimum absolute atomic E-state index is 0.683. The van der Waals surface area contributed by atoms with Gasteiger partial charge in [-0.25, -0.2) is 0 Å². The molecule has 0 atom stereocenters. The lowest BCUT2D eigenvalue weighted by molar-refractivity contribution is 0.410. The fourth-order valence-electron chi connectivity index (χ4n) is 1.94. The molecule has 0 heterocycles. The van der Waals surface area contributed by atoms with Crippen LogP contribution in [0.25, 0.3) is 0 Å². The monoisotopic (exact) mass is 461 g/mol. The number of methoxy groups -OCH3 is 1. The molecule has 0 unspecified atom stereocenters. The number of hydrogen-bond donors (Lipinski definition) is 1. The second-order valence-corrected chi connectivity index (χ2v) is 7.04. The fourth-order valence-corrected chi connectivity index (χ4v) is 4.04. The highest BCUT2D eigenvalue weighted by molar-refractivity contribution is 9.11. The van der Waals surface area contributed by atoms with Gasteiger partial charge in [-0.3, -0.25) is 0 Å². The standard InChI is InChI=1S/C15H14Br3NO/c1-9-5-12(17)15(13(18)6-9)19-8-10-7-11(16)3-4-14(10)20-2/h3-7,19H,8H2,1-2H3. The summed E-state index contributed by atoms with van der Waals surface area (Å²) in [6.07, 6.45) is 0. The van der Waals surface area contributed by atoms with Gasteiger partial charge in [0.15, 0.2) is 0 Å². The molecule has 0 aliphatic heterocycles. The second kappa shape index (κ2) is 6.96. The van der Waals surface area contributed by atoms with Crippen molar-refractivity contribution in [3.05, 3.63) is 54.9 Å². The highest BCUT2D eigenvalue weighted by atomic mass is 79.9. The van der Waals surface area contributed by atoms with Crippen molar-refractivity contribution in [2.45, 2.75) is 13.5 Å². The maximum Gasteiger partial charge on any atom is 0.123 e. The van der Waals surface area contributed by atoms with Crippen LogP contribution in [0.15, 0.2) is 43.7 Å². The topological polar surface area (TPSA) is 21.3 Å². The predicted octanol–water partition coefficient (Wildman–Crippen LogP) is 5.90. The Bertz CT molecular complexity index is 606. The molecule has 0 saturated carbocycles. The third-order valence-electron chi connectivity index (χ3n) is 2.88. The van der Waals surface area contributed by atoms with Crippen LogP contribution in [-0.4, -0.2) is 7.11 Å². The van der Waals surface area contributed by atoms with Crippen LogP contribution in [0.4, 0.5) is 5.69 Å². The van der Waals surface area contributed by atoms with Gasteiger partial charge in [0.25, 0.3) is 0 Å². The van der Waals surface area contributed by atoms with Gasteiger partial charge in [-0.05, 0) is 74.7 Å². The molecule has 20 heavy (non-hydrogen) atoms. The van der Waals surface area contributed by atoms with E-state index >= 15 is 0 Å². The van der Waals surface area contributed by atoms with Gasteiger partial charge in [0.05, 0.1) is 12.8 Å². The van der Waals surface area contributed by atoms with Crippen molar-refractivity contribution in [1.29, 1.82) is 0 Å². The third-order valence-corrected chi connectivity index (χ3v) is 4.63. The van der Waals surface area contributed by atoms with Crippen molar-refractivity contribution in [1.82, 2.24) is 0 Å². The molecule has 0 aliphatic carbocycles. The summed E-state index contributed by atoms with van der Waals surface area (Å²) in [6.45, 7) is 2.75. The van der Waals surface area contributed by atoms with E-state index in [2.05, 4.69) is 78.2 Å².